The number of nitrogens with one attached hydrogen (secondary N) is 1. The van der Waals surface area contributed by atoms with E-state index in [4.69, 9.17) is 9.84 Å². The van der Waals surface area contributed by atoms with E-state index in [9.17, 15) is 9.59 Å². The van der Waals surface area contributed by atoms with Crippen LogP contribution in [0.3, 0.4) is 0 Å². The quantitative estimate of drug-likeness (QED) is 0.413. The molecule has 0 aliphatic rings. The molecule has 1 atom stereocenters. The summed E-state index contributed by atoms with van der Waals surface area (Å²) in [7, 11) is 0. The zero-order valence-corrected chi connectivity index (χ0v) is 19.8. The molecule has 2 N–H and O–H groups in total. The van der Waals surface area contributed by atoms with E-state index in [0.29, 0.717) is 17.5 Å². The smallest absolute Gasteiger partial charge is 0.316 e. The number of aryl methyl sites for hydroxylation is 1. The molecule has 0 saturated carbocycles. The third-order valence-corrected chi connectivity index (χ3v) is 5.43. The summed E-state index contributed by atoms with van der Waals surface area (Å²) in [6.45, 7) is 6.45. The molecule has 1 amide bonds. The van der Waals surface area contributed by atoms with E-state index in [2.05, 4.69) is 60.3 Å². The van der Waals surface area contributed by atoms with Crippen LogP contribution in [0.5, 0.6) is 6.01 Å². The number of aromatic nitrogens is 2. The van der Waals surface area contributed by atoms with Crippen LogP contribution in [0, 0.1) is 5.92 Å². The lowest BCUT2D eigenvalue weighted by atomic mass is 9.98. The number of carboxylic acid groups (broad SMARTS) is 1. The molecule has 0 spiro atoms. The largest absolute Gasteiger partial charge is 0.481 e. The Bertz CT molecular complexity index is 1080. The molecular formula is C27H31N3O4. The second kappa shape index (κ2) is 11.9. The van der Waals surface area contributed by atoms with Crippen LogP contribution in [-0.2, 0) is 11.2 Å². The lowest BCUT2D eigenvalue weighted by molar-refractivity contribution is -0.136. The van der Waals surface area contributed by atoms with Gasteiger partial charge in [-0.15, -0.1) is 0 Å². The molecule has 2 aromatic carbocycles. The minimum absolute atomic E-state index is 0.0884. The van der Waals surface area contributed by atoms with Crippen LogP contribution in [0.25, 0.3) is 11.1 Å². The zero-order valence-electron chi connectivity index (χ0n) is 19.8. The summed E-state index contributed by atoms with van der Waals surface area (Å²) in [6.07, 6.45) is 4.90. The lowest BCUT2D eigenvalue weighted by Crippen LogP contribution is -2.26. The van der Waals surface area contributed by atoms with Gasteiger partial charge in [0.15, 0.2) is 0 Å². The van der Waals surface area contributed by atoms with Gasteiger partial charge < -0.3 is 15.2 Å². The van der Waals surface area contributed by atoms with Gasteiger partial charge >= 0.3 is 12.0 Å². The number of amides is 1. The molecule has 3 rings (SSSR count). The molecule has 34 heavy (non-hydrogen) atoms. The molecule has 7 nitrogen and oxygen atoms in total. The average Bonchev–Trinajstić information content (AvgIpc) is 2.84. The Balaban J connectivity index is 1.69. The van der Waals surface area contributed by atoms with E-state index < -0.39 is 5.97 Å². The van der Waals surface area contributed by atoms with E-state index in [-0.39, 0.29) is 25.0 Å². The van der Waals surface area contributed by atoms with E-state index in [1.54, 1.807) is 24.5 Å². The SMILES string of the molecule is CCc1ccc(-c2cnc(OC(CC(C)C)c3ccc(C(=O)NCCC(=O)O)cc3)nc2)cc1. The Labute approximate surface area is 200 Å². The van der Waals surface area contributed by atoms with Crippen molar-refractivity contribution in [1.29, 1.82) is 0 Å². The Hall–Kier alpha value is -3.74. The maximum absolute atomic E-state index is 12.2. The van der Waals surface area contributed by atoms with Crippen LogP contribution in [0.1, 0.15) is 61.2 Å². The van der Waals surface area contributed by atoms with Gasteiger partial charge in [-0.2, -0.15) is 0 Å². The Morgan fingerprint density at radius 2 is 1.62 bits per heavy atom. The number of carboxylic acids is 1. The van der Waals surface area contributed by atoms with Gasteiger partial charge in [0, 0.05) is 30.1 Å². The third kappa shape index (κ3) is 7.13. The fourth-order valence-electron chi connectivity index (χ4n) is 3.50. The van der Waals surface area contributed by atoms with Gasteiger partial charge in [0.2, 0.25) is 0 Å². The highest BCUT2D eigenvalue weighted by molar-refractivity contribution is 5.94. The van der Waals surface area contributed by atoms with Crippen molar-refractivity contribution in [2.75, 3.05) is 6.54 Å². The summed E-state index contributed by atoms with van der Waals surface area (Å²) >= 11 is 0. The molecule has 3 aromatic rings. The Morgan fingerprint density at radius 3 is 2.18 bits per heavy atom. The van der Waals surface area contributed by atoms with Gasteiger partial charge in [0.05, 0.1) is 6.42 Å². The van der Waals surface area contributed by atoms with Crippen molar-refractivity contribution in [3.8, 4) is 17.1 Å². The lowest BCUT2D eigenvalue weighted by Gasteiger charge is -2.20. The fourth-order valence-corrected chi connectivity index (χ4v) is 3.50. The maximum atomic E-state index is 12.2. The van der Waals surface area contributed by atoms with Crippen molar-refractivity contribution in [2.45, 2.75) is 46.1 Å². The molecule has 0 bridgehead atoms. The number of hydrogen-bond donors (Lipinski definition) is 2. The number of hydrogen-bond acceptors (Lipinski definition) is 5. The molecule has 0 saturated heterocycles. The van der Waals surface area contributed by atoms with Gasteiger partial charge in [0.1, 0.15) is 6.10 Å². The van der Waals surface area contributed by atoms with Crippen molar-refractivity contribution in [3.05, 3.63) is 77.6 Å². The Morgan fingerprint density at radius 1 is 0.971 bits per heavy atom. The first-order valence-corrected chi connectivity index (χ1v) is 11.5. The molecule has 1 aromatic heterocycles. The van der Waals surface area contributed by atoms with Crippen LogP contribution in [0.4, 0.5) is 0 Å². The molecule has 0 radical (unpaired) electrons. The number of aliphatic carboxylic acids is 1. The monoisotopic (exact) mass is 461 g/mol. The zero-order chi connectivity index (χ0) is 24.5. The predicted octanol–water partition coefficient (Wildman–Crippen LogP) is 5.08. The second-order valence-corrected chi connectivity index (χ2v) is 8.56. The highest BCUT2D eigenvalue weighted by atomic mass is 16.5. The molecule has 0 aliphatic carbocycles. The number of rotatable bonds is 11. The number of benzene rings is 2. The standard InChI is InChI=1S/C27H31N3O4/c1-4-19-5-7-20(8-6-19)23-16-29-27(30-17-23)34-24(15-18(2)3)21-9-11-22(12-10-21)26(33)28-14-13-25(31)32/h5-12,16-18,24H,4,13-15H2,1-3H3,(H,28,33)(H,31,32). The fraction of sp³-hybridized carbons (Fsp3) is 0.333. The Kier molecular flexibility index (Phi) is 8.73. The van der Waals surface area contributed by atoms with E-state index in [0.717, 1.165) is 29.5 Å². The summed E-state index contributed by atoms with van der Waals surface area (Å²) < 4.78 is 6.14. The van der Waals surface area contributed by atoms with Crippen LogP contribution >= 0.6 is 0 Å². The van der Waals surface area contributed by atoms with Crippen molar-refractivity contribution in [2.24, 2.45) is 5.92 Å². The van der Waals surface area contributed by atoms with Crippen LogP contribution in [0.2, 0.25) is 0 Å². The van der Waals surface area contributed by atoms with E-state index >= 15 is 0 Å². The summed E-state index contributed by atoms with van der Waals surface area (Å²) in [5.74, 6) is -0.880. The molecule has 178 valence electrons. The van der Waals surface area contributed by atoms with Gasteiger partial charge in [-0.1, -0.05) is 57.2 Å². The normalized spacial score (nSPS) is 11.8. The average molecular weight is 462 g/mol. The summed E-state index contributed by atoms with van der Waals surface area (Å²) in [5, 5.41) is 11.3. The van der Waals surface area contributed by atoms with Gasteiger partial charge in [-0.25, -0.2) is 9.97 Å². The van der Waals surface area contributed by atoms with Crippen LogP contribution in [-0.4, -0.2) is 33.5 Å². The van der Waals surface area contributed by atoms with Crippen molar-refractivity contribution < 1.29 is 19.4 Å². The first-order valence-electron chi connectivity index (χ1n) is 11.5. The molecule has 0 fully saturated rings. The minimum Gasteiger partial charge on any atom is -0.481 e. The van der Waals surface area contributed by atoms with E-state index in [1.165, 1.54) is 5.56 Å². The minimum atomic E-state index is -0.950. The highest BCUT2D eigenvalue weighted by Crippen LogP contribution is 2.27. The van der Waals surface area contributed by atoms with Crippen molar-refractivity contribution in [1.82, 2.24) is 15.3 Å². The van der Waals surface area contributed by atoms with Crippen molar-refractivity contribution in [3.63, 3.8) is 0 Å². The summed E-state index contributed by atoms with van der Waals surface area (Å²) in [6, 6.07) is 15.8. The third-order valence-electron chi connectivity index (χ3n) is 5.43. The van der Waals surface area contributed by atoms with Gasteiger partial charge in [-0.05, 0) is 47.6 Å². The topological polar surface area (TPSA) is 101 Å². The van der Waals surface area contributed by atoms with Crippen LogP contribution < -0.4 is 10.1 Å². The molecule has 7 heteroatoms. The number of ether oxygens (including phenoxy) is 1. The van der Waals surface area contributed by atoms with Gasteiger partial charge in [-0.3, -0.25) is 9.59 Å². The maximum Gasteiger partial charge on any atom is 0.316 e. The van der Waals surface area contributed by atoms with Crippen LogP contribution in [0.15, 0.2) is 60.9 Å². The number of nitrogens with zero attached hydrogens (tertiary/aromatic N) is 2. The number of carbonyl (C=O) groups excluding carboxylic acids is 1. The van der Waals surface area contributed by atoms with Gasteiger partial charge in [0.25, 0.3) is 5.91 Å². The molecular weight excluding hydrogens is 430 g/mol. The number of carbonyl (C=O) groups is 2. The first kappa shape index (κ1) is 24.9. The predicted molar refractivity (Wildman–Crippen MR) is 131 cm³/mol. The summed E-state index contributed by atoms with van der Waals surface area (Å²) in [5.41, 5.74) is 4.64. The molecule has 1 unspecified atom stereocenters. The summed E-state index contributed by atoms with van der Waals surface area (Å²) in [4.78, 5) is 31.7. The first-order chi connectivity index (χ1) is 16.4. The second-order valence-electron chi connectivity index (χ2n) is 8.56. The highest BCUT2D eigenvalue weighted by Gasteiger charge is 2.18. The van der Waals surface area contributed by atoms with E-state index in [1.807, 2.05) is 12.1 Å². The van der Waals surface area contributed by atoms with Crippen molar-refractivity contribution >= 4 is 11.9 Å². The molecule has 0 aliphatic heterocycles. The molecule has 1 heterocycles.